The lowest BCUT2D eigenvalue weighted by atomic mass is 10.0. The van der Waals surface area contributed by atoms with Gasteiger partial charge in [-0.3, -0.25) is 15.0 Å². The second kappa shape index (κ2) is 6.88. The zero-order valence-corrected chi connectivity index (χ0v) is 13.5. The fourth-order valence-electron chi connectivity index (χ4n) is 3.78. The molecule has 1 aromatic rings. The molecule has 24 heavy (non-hydrogen) atoms. The standard InChI is InChI=1S/C16H21F2N3O3/c1-2-11-9-19-7-3-4-13(19)10-20(11)12-5-6-14(21(22)23)15(8-12)24-16(17)18/h5-6,8,11,13,16H,2-4,7,9-10H2,1H3. The number of fused-ring (bicyclic) bond motifs is 1. The van der Waals surface area contributed by atoms with E-state index >= 15 is 0 Å². The van der Waals surface area contributed by atoms with Crippen LogP contribution in [0.15, 0.2) is 18.2 Å². The van der Waals surface area contributed by atoms with Gasteiger partial charge in [0.05, 0.1) is 4.92 Å². The Bertz CT molecular complexity index is 614. The summed E-state index contributed by atoms with van der Waals surface area (Å²) in [5.41, 5.74) is 0.265. The molecule has 0 amide bonds. The van der Waals surface area contributed by atoms with E-state index in [1.165, 1.54) is 18.6 Å². The van der Waals surface area contributed by atoms with Crippen LogP contribution in [0.3, 0.4) is 0 Å². The third-order valence-corrected chi connectivity index (χ3v) is 4.95. The molecule has 3 rings (SSSR count). The quantitative estimate of drug-likeness (QED) is 0.608. The minimum Gasteiger partial charge on any atom is -0.427 e. The number of alkyl halides is 2. The first kappa shape index (κ1) is 16.9. The summed E-state index contributed by atoms with van der Waals surface area (Å²) in [6.07, 6.45) is 3.22. The van der Waals surface area contributed by atoms with Crippen molar-refractivity contribution in [3.8, 4) is 5.75 Å². The molecule has 0 saturated carbocycles. The van der Waals surface area contributed by atoms with Gasteiger partial charge >= 0.3 is 12.3 Å². The average Bonchev–Trinajstić information content (AvgIpc) is 2.99. The molecule has 2 aliphatic rings. The number of ether oxygens (including phenoxy) is 1. The SMILES string of the molecule is CCC1CN2CCCC2CN1c1ccc([N+](=O)[O-])c(OC(F)F)c1. The number of piperazine rings is 1. The molecule has 0 N–H and O–H groups in total. The summed E-state index contributed by atoms with van der Waals surface area (Å²) in [4.78, 5) is 15.0. The van der Waals surface area contributed by atoms with E-state index in [-0.39, 0.29) is 11.8 Å². The fraction of sp³-hybridized carbons (Fsp3) is 0.625. The summed E-state index contributed by atoms with van der Waals surface area (Å²) < 4.78 is 29.6. The van der Waals surface area contributed by atoms with Crippen molar-refractivity contribution in [3.63, 3.8) is 0 Å². The number of hydrogen-bond acceptors (Lipinski definition) is 5. The van der Waals surface area contributed by atoms with E-state index in [9.17, 15) is 18.9 Å². The molecule has 0 bridgehead atoms. The molecule has 6 nitrogen and oxygen atoms in total. The van der Waals surface area contributed by atoms with Gasteiger partial charge in [0.2, 0.25) is 5.75 Å². The Morgan fingerprint density at radius 2 is 2.21 bits per heavy atom. The van der Waals surface area contributed by atoms with Crippen LogP contribution in [0.25, 0.3) is 0 Å². The van der Waals surface area contributed by atoms with Crippen LogP contribution in [-0.2, 0) is 0 Å². The Morgan fingerprint density at radius 1 is 1.42 bits per heavy atom. The molecule has 2 heterocycles. The van der Waals surface area contributed by atoms with Crippen LogP contribution in [-0.4, -0.2) is 48.2 Å². The Labute approximate surface area is 139 Å². The zero-order valence-electron chi connectivity index (χ0n) is 13.5. The molecule has 2 fully saturated rings. The summed E-state index contributed by atoms with van der Waals surface area (Å²) in [5.74, 6) is -0.379. The number of nitrogens with zero attached hydrogens (tertiary/aromatic N) is 3. The minimum absolute atomic E-state index is 0.264. The van der Waals surface area contributed by atoms with Gasteiger partial charge in [0.1, 0.15) is 0 Å². The van der Waals surface area contributed by atoms with Gasteiger partial charge in [-0.25, -0.2) is 0 Å². The lowest BCUT2D eigenvalue weighted by molar-refractivity contribution is -0.386. The first-order valence-electron chi connectivity index (χ1n) is 8.23. The van der Waals surface area contributed by atoms with Crippen molar-refractivity contribution in [2.75, 3.05) is 24.5 Å². The maximum Gasteiger partial charge on any atom is 0.387 e. The molecule has 0 aromatic heterocycles. The van der Waals surface area contributed by atoms with Crippen molar-refractivity contribution >= 4 is 11.4 Å². The van der Waals surface area contributed by atoms with Crippen molar-refractivity contribution in [1.29, 1.82) is 0 Å². The topological polar surface area (TPSA) is 58.9 Å². The summed E-state index contributed by atoms with van der Waals surface area (Å²) in [7, 11) is 0. The number of anilines is 1. The smallest absolute Gasteiger partial charge is 0.387 e. The van der Waals surface area contributed by atoms with Crippen LogP contribution in [0, 0.1) is 10.1 Å². The zero-order chi connectivity index (χ0) is 17.3. The third-order valence-electron chi connectivity index (χ3n) is 4.95. The van der Waals surface area contributed by atoms with Gasteiger partial charge in [-0.05, 0) is 31.9 Å². The van der Waals surface area contributed by atoms with Crippen LogP contribution in [0.4, 0.5) is 20.2 Å². The van der Waals surface area contributed by atoms with E-state index in [2.05, 4.69) is 21.5 Å². The lowest BCUT2D eigenvalue weighted by Gasteiger charge is -2.45. The summed E-state index contributed by atoms with van der Waals surface area (Å²) in [6, 6.07) is 4.98. The van der Waals surface area contributed by atoms with E-state index in [0.717, 1.165) is 32.5 Å². The average molecular weight is 341 g/mol. The molecule has 0 aliphatic carbocycles. The molecule has 132 valence electrons. The van der Waals surface area contributed by atoms with Gasteiger partial charge in [-0.2, -0.15) is 8.78 Å². The molecule has 1 aromatic carbocycles. The monoisotopic (exact) mass is 341 g/mol. The number of rotatable bonds is 5. The Morgan fingerprint density at radius 3 is 2.88 bits per heavy atom. The van der Waals surface area contributed by atoms with Gasteiger partial charge in [0, 0.05) is 43.0 Å². The Balaban J connectivity index is 1.90. The maximum atomic E-state index is 12.6. The van der Waals surface area contributed by atoms with Gasteiger partial charge in [-0.1, -0.05) is 6.92 Å². The van der Waals surface area contributed by atoms with Gasteiger partial charge in [0.15, 0.2) is 0 Å². The summed E-state index contributed by atoms with van der Waals surface area (Å²) >= 11 is 0. The summed E-state index contributed by atoms with van der Waals surface area (Å²) in [5, 5.41) is 11.0. The van der Waals surface area contributed by atoms with E-state index in [1.54, 1.807) is 6.07 Å². The first-order valence-corrected chi connectivity index (χ1v) is 8.23. The highest BCUT2D eigenvalue weighted by Gasteiger charge is 2.36. The first-order chi connectivity index (χ1) is 11.5. The number of halogens is 2. The predicted molar refractivity (Wildman–Crippen MR) is 85.7 cm³/mol. The number of nitro groups is 1. The van der Waals surface area contributed by atoms with E-state index in [0.29, 0.717) is 11.7 Å². The Kier molecular flexibility index (Phi) is 4.84. The highest BCUT2D eigenvalue weighted by molar-refractivity contribution is 5.60. The van der Waals surface area contributed by atoms with Gasteiger partial charge < -0.3 is 9.64 Å². The van der Waals surface area contributed by atoms with Crippen LogP contribution < -0.4 is 9.64 Å². The molecule has 8 heteroatoms. The van der Waals surface area contributed by atoms with Crippen molar-refractivity contribution in [1.82, 2.24) is 4.90 Å². The molecular formula is C16H21F2N3O3. The second-order valence-corrected chi connectivity index (χ2v) is 6.29. The van der Waals surface area contributed by atoms with Crippen LogP contribution in [0.5, 0.6) is 5.75 Å². The maximum absolute atomic E-state index is 12.6. The lowest BCUT2D eigenvalue weighted by Crippen LogP contribution is -2.56. The van der Waals surface area contributed by atoms with E-state index in [1.807, 2.05) is 0 Å². The molecule has 2 unspecified atom stereocenters. The van der Waals surface area contributed by atoms with Crippen molar-refractivity contribution in [3.05, 3.63) is 28.3 Å². The normalized spacial score (nSPS) is 24.2. The number of hydrogen-bond donors (Lipinski definition) is 0. The second-order valence-electron chi connectivity index (χ2n) is 6.29. The largest absolute Gasteiger partial charge is 0.427 e. The van der Waals surface area contributed by atoms with Crippen molar-refractivity contribution in [2.45, 2.75) is 44.9 Å². The van der Waals surface area contributed by atoms with Gasteiger partial charge in [0.25, 0.3) is 0 Å². The predicted octanol–water partition coefficient (Wildman–Crippen LogP) is 3.26. The fourth-order valence-corrected chi connectivity index (χ4v) is 3.78. The molecule has 2 aliphatic heterocycles. The summed E-state index contributed by atoms with van der Waals surface area (Å²) in [6.45, 7) is 1.85. The van der Waals surface area contributed by atoms with E-state index < -0.39 is 17.2 Å². The van der Waals surface area contributed by atoms with E-state index in [4.69, 9.17) is 0 Å². The van der Waals surface area contributed by atoms with Crippen LogP contribution in [0.2, 0.25) is 0 Å². The molecule has 2 saturated heterocycles. The third kappa shape index (κ3) is 3.28. The minimum atomic E-state index is -3.09. The number of nitro benzene ring substituents is 1. The van der Waals surface area contributed by atoms with Gasteiger partial charge in [-0.15, -0.1) is 0 Å². The van der Waals surface area contributed by atoms with Crippen molar-refractivity contribution < 1.29 is 18.4 Å². The highest BCUT2D eigenvalue weighted by atomic mass is 19.3. The molecule has 0 spiro atoms. The van der Waals surface area contributed by atoms with Crippen molar-refractivity contribution in [2.24, 2.45) is 0 Å². The van der Waals surface area contributed by atoms with Crippen LogP contribution in [0.1, 0.15) is 26.2 Å². The molecular weight excluding hydrogens is 320 g/mol. The highest BCUT2D eigenvalue weighted by Crippen LogP contribution is 2.36. The Hall–Kier alpha value is -1.96. The number of benzene rings is 1. The molecule has 2 atom stereocenters. The molecule has 0 radical (unpaired) electrons. The van der Waals surface area contributed by atoms with Crippen LogP contribution >= 0.6 is 0 Å².